The number of para-hydroxylation sites is 2. The minimum absolute atomic E-state index is 0.0358. The number of ether oxygens (including phenoxy) is 1. The summed E-state index contributed by atoms with van der Waals surface area (Å²) in [6.07, 6.45) is 0. The fourth-order valence-corrected chi connectivity index (χ4v) is 2.22. The maximum atomic E-state index is 12.2. The van der Waals surface area contributed by atoms with Gasteiger partial charge in [0.15, 0.2) is 0 Å². The molecule has 0 saturated carbocycles. The maximum Gasteiger partial charge on any atom is 0.255 e. The molecule has 3 aromatic carbocycles. The van der Waals surface area contributed by atoms with E-state index in [0.717, 1.165) is 5.56 Å². The average Bonchev–Trinajstić information content (AvgIpc) is 2.63. The van der Waals surface area contributed by atoms with E-state index in [0.29, 0.717) is 23.6 Å². The number of phenols is 1. The Bertz CT molecular complexity index is 814. The van der Waals surface area contributed by atoms with Crippen LogP contribution in [0, 0.1) is 0 Å². The number of benzene rings is 3. The van der Waals surface area contributed by atoms with Crippen LogP contribution in [0.1, 0.15) is 15.9 Å². The van der Waals surface area contributed by atoms with Gasteiger partial charge in [-0.1, -0.05) is 42.5 Å². The molecule has 0 unspecified atom stereocenters. The number of carbonyl (C=O) groups excluding carboxylic acids is 1. The van der Waals surface area contributed by atoms with Crippen molar-refractivity contribution < 1.29 is 14.6 Å². The lowest BCUT2D eigenvalue weighted by atomic mass is 10.2. The van der Waals surface area contributed by atoms with Crippen molar-refractivity contribution >= 4 is 11.6 Å². The Hall–Kier alpha value is -3.27. The van der Waals surface area contributed by atoms with Gasteiger partial charge in [-0.2, -0.15) is 0 Å². The molecule has 0 aliphatic rings. The topological polar surface area (TPSA) is 58.6 Å². The lowest BCUT2D eigenvalue weighted by Crippen LogP contribution is -2.11. The lowest BCUT2D eigenvalue weighted by Gasteiger charge is -2.09. The summed E-state index contributed by atoms with van der Waals surface area (Å²) >= 11 is 0. The number of phenolic OH excluding ortho intramolecular Hbond substituents is 1. The molecule has 4 heteroatoms. The standard InChI is InChI=1S/C20H17NO3/c22-19-9-5-4-8-18(19)21-20(23)16-10-12-17(13-11-16)24-14-15-6-2-1-3-7-15/h1-13,22H,14H2,(H,21,23). The monoisotopic (exact) mass is 319 g/mol. The Morgan fingerprint density at radius 2 is 1.54 bits per heavy atom. The second kappa shape index (κ2) is 7.33. The number of rotatable bonds is 5. The van der Waals surface area contributed by atoms with Gasteiger partial charge in [0.05, 0.1) is 5.69 Å². The van der Waals surface area contributed by atoms with Gasteiger partial charge in [-0.05, 0) is 42.0 Å². The van der Waals surface area contributed by atoms with Crippen LogP contribution in [-0.4, -0.2) is 11.0 Å². The van der Waals surface area contributed by atoms with Gasteiger partial charge in [-0.3, -0.25) is 4.79 Å². The summed E-state index contributed by atoms with van der Waals surface area (Å²) in [6, 6.07) is 23.4. The average molecular weight is 319 g/mol. The second-order valence-corrected chi connectivity index (χ2v) is 5.27. The number of amides is 1. The molecule has 1 amide bonds. The predicted molar refractivity (Wildman–Crippen MR) is 93.3 cm³/mol. The Morgan fingerprint density at radius 1 is 0.875 bits per heavy atom. The summed E-state index contributed by atoms with van der Waals surface area (Å²) in [6.45, 7) is 0.476. The molecule has 0 spiro atoms. The first-order chi connectivity index (χ1) is 11.7. The number of anilines is 1. The van der Waals surface area contributed by atoms with Crippen molar-refractivity contribution in [3.63, 3.8) is 0 Å². The Morgan fingerprint density at radius 3 is 2.25 bits per heavy atom. The molecule has 0 aliphatic heterocycles. The summed E-state index contributed by atoms with van der Waals surface area (Å²) in [5, 5.41) is 12.4. The van der Waals surface area contributed by atoms with Crippen molar-refractivity contribution in [2.45, 2.75) is 6.61 Å². The Kier molecular flexibility index (Phi) is 4.77. The van der Waals surface area contributed by atoms with Gasteiger partial charge >= 0.3 is 0 Å². The molecule has 0 fully saturated rings. The third-order valence-electron chi connectivity index (χ3n) is 3.52. The number of carbonyl (C=O) groups is 1. The van der Waals surface area contributed by atoms with E-state index in [-0.39, 0.29) is 11.7 Å². The molecule has 0 heterocycles. The molecule has 24 heavy (non-hydrogen) atoms. The van der Waals surface area contributed by atoms with Crippen LogP contribution in [-0.2, 0) is 6.61 Å². The molecular weight excluding hydrogens is 302 g/mol. The van der Waals surface area contributed by atoms with E-state index in [4.69, 9.17) is 4.74 Å². The van der Waals surface area contributed by atoms with Crippen molar-refractivity contribution in [3.8, 4) is 11.5 Å². The van der Waals surface area contributed by atoms with Gasteiger partial charge in [0.25, 0.3) is 5.91 Å². The zero-order valence-electron chi connectivity index (χ0n) is 13.0. The molecule has 2 N–H and O–H groups in total. The van der Waals surface area contributed by atoms with Crippen LogP contribution in [0.15, 0.2) is 78.9 Å². The van der Waals surface area contributed by atoms with E-state index in [1.165, 1.54) is 6.07 Å². The van der Waals surface area contributed by atoms with Crippen molar-refractivity contribution in [1.29, 1.82) is 0 Å². The molecule has 120 valence electrons. The molecule has 3 aromatic rings. The van der Waals surface area contributed by atoms with E-state index < -0.39 is 0 Å². The summed E-state index contributed by atoms with van der Waals surface area (Å²) < 4.78 is 5.69. The molecular formula is C20H17NO3. The molecule has 3 rings (SSSR count). The van der Waals surface area contributed by atoms with E-state index in [2.05, 4.69) is 5.32 Å². The molecule has 0 aliphatic carbocycles. The van der Waals surface area contributed by atoms with Gasteiger partial charge in [0.1, 0.15) is 18.1 Å². The summed E-state index contributed by atoms with van der Waals surface area (Å²) in [5.74, 6) is 0.442. The first-order valence-corrected chi connectivity index (χ1v) is 7.58. The highest BCUT2D eigenvalue weighted by Gasteiger charge is 2.08. The largest absolute Gasteiger partial charge is 0.506 e. The van der Waals surface area contributed by atoms with Gasteiger partial charge < -0.3 is 15.2 Å². The first kappa shape index (κ1) is 15.6. The van der Waals surface area contributed by atoms with Crippen LogP contribution in [0.2, 0.25) is 0 Å². The normalized spacial score (nSPS) is 10.2. The first-order valence-electron chi connectivity index (χ1n) is 7.58. The Labute approximate surface area is 140 Å². The van der Waals surface area contributed by atoms with Gasteiger partial charge in [0.2, 0.25) is 0 Å². The quantitative estimate of drug-likeness (QED) is 0.692. The van der Waals surface area contributed by atoms with Crippen LogP contribution < -0.4 is 10.1 Å². The van der Waals surface area contributed by atoms with Gasteiger partial charge in [-0.15, -0.1) is 0 Å². The molecule has 0 radical (unpaired) electrons. The third kappa shape index (κ3) is 3.93. The zero-order chi connectivity index (χ0) is 16.8. The SMILES string of the molecule is O=C(Nc1ccccc1O)c1ccc(OCc2ccccc2)cc1. The molecule has 0 saturated heterocycles. The van der Waals surface area contributed by atoms with Crippen LogP contribution in [0.25, 0.3) is 0 Å². The van der Waals surface area contributed by atoms with E-state index in [1.54, 1.807) is 42.5 Å². The minimum atomic E-state index is -0.286. The molecule has 0 bridgehead atoms. The van der Waals surface area contributed by atoms with Crippen molar-refractivity contribution in [1.82, 2.24) is 0 Å². The Balaban J connectivity index is 1.61. The molecule has 4 nitrogen and oxygen atoms in total. The van der Waals surface area contributed by atoms with E-state index in [9.17, 15) is 9.90 Å². The minimum Gasteiger partial charge on any atom is -0.506 e. The van der Waals surface area contributed by atoms with Crippen LogP contribution >= 0.6 is 0 Å². The van der Waals surface area contributed by atoms with E-state index >= 15 is 0 Å². The van der Waals surface area contributed by atoms with Crippen molar-refractivity contribution in [2.75, 3.05) is 5.32 Å². The molecule has 0 aromatic heterocycles. The van der Waals surface area contributed by atoms with Gasteiger partial charge in [0, 0.05) is 5.56 Å². The highest BCUT2D eigenvalue weighted by molar-refractivity contribution is 6.05. The summed E-state index contributed by atoms with van der Waals surface area (Å²) in [5.41, 5.74) is 1.95. The van der Waals surface area contributed by atoms with Crippen LogP contribution in [0.4, 0.5) is 5.69 Å². The second-order valence-electron chi connectivity index (χ2n) is 5.27. The predicted octanol–water partition coefficient (Wildman–Crippen LogP) is 4.22. The van der Waals surface area contributed by atoms with Gasteiger partial charge in [-0.25, -0.2) is 0 Å². The number of hydrogen-bond acceptors (Lipinski definition) is 3. The zero-order valence-corrected chi connectivity index (χ0v) is 13.0. The lowest BCUT2D eigenvalue weighted by molar-refractivity contribution is 0.102. The third-order valence-corrected chi connectivity index (χ3v) is 3.52. The van der Waals surface area contributed by atoms with Crippen LogP contribution in [0.5, 0.6) is 11.5 Å². The maximum absolute atomic E-state index is 12.2. The van der Waals surface area contributed by atoms with E-state index in [1.807, 2.05) is 30.3 Å². The highest BCUT2D eigenvalue weighted by atomic mass is 16.5. The number of aromatic hydroxyl groups is 1. The summed E-state index contributed by atoms with van der Waals surface area (Å²) in [4.78, 5) is 12.2. The van der Waals surface area contributed by atoms with Crippen molar-refractivity contribution in [3.05, 3.63) is 90.0 Å². The highest BCUT2D eigenvalue weighted by Crippen LogP contribution is 2.22. The summed E-state index contributed by atoms with van der Waals surface area (Å²) in [7, 11) is 0. The molecule has 0 atom stereocenters. The fourth-order valence-electron chi connectivity index (χ4n) is 2.22. The number of nitrogens with one attached hydrogen (secondary N) is 1. The van der Waals surface area contributed by atoms with Crippen molar-refractivity contribution in [2.24, 2.45) is 0 Å². The number of hydrogen-bond donors (Lipinski definition) is 2. The smallest absolute Gasteiger partial charge is 0.255 e. The van der Waals surface area contributed by atoms with Crippen LogP contribution in [0.3, 0.4) is 0 Å². The fraction of sp³-hybridized carbons (Fsp3) is 0.0500.